The molecule has 0 radical (unpaired) electrons. The third-order valence-electron chi connectivity index (χ3n) is 6.45. The van der Waals surface area contributed by atoms with E-state index < -0.39 is 50.8 Å². The highest BCUT2D eigenvalue weighted by Gasteiger charge is 2.73. The molecule has 1 N–H and O–H groups in total. The van der Waals surface area contributed by atoms with E-state index in [0.717, 1.165) is 12.1 Å². The van der Waals surface area contributed by atoms with Crippen molar-refractivity contribution in [2.75, 3.05) is 6.61 Å². The van der Waals surface area contributed by atoms with Gasteiger partial charge in [-0.25, -0.2) is 8.42 Å². The zero-order chi connectivity index (χ0) is 26.1. The summed E-state index contributed by atoms with van der Waals surface area (Å²) >= 11 is 0. The van der Waals surface area contributed by atoms with Crippen molar-refractivity contribution in [1.29, 1.82) is 0 Å². The maximum Gasteiger partial charge on any atom is 0.430 e. The van der Waals surface area contributed by atoms with E-state index in [-0.39, 0.29) is 36.1 Å². The fourth-order valence-electron chi connectivity index (χ4n) is 4.58. The molecular weight excluding hydrogens is 498 g/mol. The maximum atomic E-state index is 13.9. The summed E-state index contributed by atoms with van der Waals surface area (Å²) in [5.74, 6) is 0. The van der Waals surface area contributed by atoms with Gasteiger partial charge < -0.3 is 9.84 Å². The van der Waals surface area contributed by atoms with Crippen molar-refractivity contribution in [2.24, 2.45) is 0 Å². The van der Waals surface area contributed by atoms with Crippen LogP contribution in [0.2, 0.25) is 0 Å². The molecule has 1 saturated carbocycles. The van der Waals surface area contributed by atoms with Gasteiger partial charge in [-0.2, -0.15) is 26.3 Å². The predicted molar refractivity (Wildman–Crippen MR) is 116 cm³/mol. The van der Waals surface area contributed by atoms with E-state index >= 15 is 0 Å². The molecule has 4 nitrogen and oxygen atoms in total. The summed E-state index contributed by atoms with van der Waals surface area (Å²) in [5.41, 5.74) is -5.74. The number of ether oxygens (including phenoxy) is 1. The van der Waals surface area contributed by atoms with Crippen LogP contribution in [-0.4, -0.2) is 38.6 Å². The van der Waals surface area contributed by atoms with Gasteiger partial charge in [0.25, 0.3) is 5.60 Å². The van der Waals surface area contributed by atoms with Gasteiger partial charge >= 0.3 is 12.4 Å². The number of halogens is 6. The number of rotatable bonds is 8. The van der Waals surface area contributed by atoms with Crippen LogP contribution in [0.3, 0.4) is 0 Å². The van der Waals surface area contributed by atoms with Crippen molar-refractivity contribution < 1.29 is 44.6 Å². The summed E-state index contributed by atoms with van der Waals surface area (Å²) in [4.78, 5) is -0.0546. The molecule has 35 heavy (non-hydrogen) atoms. The van der Waals surface area contributed by atoms with E-state index in [9.17, 15) is 39.9 Å². The van der Waals surface area contributed by atoms with Gasteiger partial charge in [0, 0.05) is 12.2 Å². The highest BCUT2D eigenvalue weighted by molar-refractivity contribution is 7.92. The van der Waals surface area contributed by atoms with E-state index in [2.05, 4.69) is 4.74 Å². The lowest BCUT2D eigenvalue weighted by Gasteiger charge is -2.38. The van der Waals surface area contributed by atoms with Crippen molar-refractivity contribution in [3.63, 3.8) is 0 Å². The summed E-state index contributed by atoms with van der Waals surface area (Å²) in [7, 11) is -4.14. The molecule has 0 aliphatic heterocycles. The maximum absolute atomic E-state index is 13.9. The van der Waals surface area contributed by atoms with Gasteiger partial charge in [-0.1, -0.05) is 55.8 Å². The van der Waals surface area contributed by atoms with E-state index in [1.807, 2.05) is 0 Å². The third-order valence-corrected chi connectivity index (χ3v) is 8.98. The summed E-state index contributed by atoms with van der Waals surface area (Å²) in [6, 6.07) is 10.5. The van der Waals surface area contributed by atoms with Crippen LogP contribution in [0.4, 0.5) is 26.3 Å². The Labute approximate surface area is 199 Å². The quantitative estimate of drug-likeness (QED) is 0.338. The summed E-state index contributed by atoms with van der Waals surface area (Å²) in [6.07, 6.45) is -12.5. The second-order valence-corrected chi connectivity index (χ2v) is 10.9. The van der Waals surface area contributed by atoms with Crippen LogP contribution in [-0.2, 0) is 24.9 Å². The van der Waals surface area contributed by atoms with Crippen LogP contribution < -0.4 is 0 Å². The third kappa shape index (κ3) is 4.70. The fraction of sp³-hybridized carbons (Fsp3) is 0.500. The molecule has 1 aliphatic carbocycles. The van der Waals surface area contributed by atoms with Crippen molar-refractivity contribution in [1.82, 2.24) is 0 Å². The lowest BCUT2D eigenvalue weighted by atomic mass is 9.88. The molecule has 194 valence electrons. The molecule has 2 unspecified atom stereocenters. The van der Waals surface area contributed by atoms with Crippen molar-refractivity contribution in [3.8, 4) is 0 Å². The average molecular weight is 525 g/mol. The standard InChI is InChI=1S/C24H26F6O4S/c1-2-3-15-34-22(23(25,26)27,24(28,29)30)18-11-9-17(10-12-18)21(14-13-19(31)16-21)35(32,33)20-7-5-4-6-8-20/h4-12,19,31H,2-3,13-16H2,1H3. The second kappa shape index (κ2) is 9.74. The lowest BCUT2D eigenvalue weighted by molar-refractivity contribution is -0.389. The topological polar surface area (TPSA) is 63.6 Å². The summed E-state index contributed by atoms with van der Waals surface area (Å²) < 4.78 is 114. The molecule has 1 aliphatic rings. The average Bonchev–Trinajstić information content (AvgIpc) is 3.19. The molecule has 3 rings (SSSR count). The molecule has 0 saturated heterocycles. The normalized spacial score (nSPS) is 21.9. The molecule has 0 spiro atoms. The van der Waals surface area contributed by atoms with Crippen molar-refractivity contribution >= 4 is 9.84 Å². The van der Waals surface area contributed by atoms with Crippen LogP contribution in [0.15, 0.2) is 59.5 Å². The van der Waals surface area contributed by atoms with Crippen molar-refractivity contribution in [3.05, 3.63) is 65.7 Å². The first kappa shape index (κ1) is 27.5. The molecule has 2 aromatic carbocycles. The number of benzene rings is 2. The largest absolute Gasteiger partial charge is 0.430 e. The molecule has 0 bridgehead atoms. The monoisotopic (exact) mass is 524 g/mol. The molecule has 0 aromatic heterocycles. The number of sulfone groups is 1. The van der Waals surface area contributed by atoms with Gasteiger partial charge in [-0.15, -0.1) is 0 Å². The second-order valence-electron chi connectivity index (χ2n) is 8.66. The van der Waals surface area contributed by atoms with Crippen LogP contribution in [0.25, 0.3) is 0 Å². The zero-order valence-corrected chi connectivity index (χ0v) is 19.7. The molecule has 0 amide bonds. The van der Waals surface area contributed by atoms with Crippen molar-refractivity contribution in [2.45, 2.75) is 72.7 Å². The Kier molecular flexibility index (Phi) is 7.65. The number of aliphatic hydroxyl groups is 1. The van der Waals surface area contributed by atoms with Crippen LogP contribution in [0.5, 0.6) is 0 Å². The Bertz CT molecular complexity index is 1080. The van der Waals surface area contributed by atoms with Gasteiger partial charge in [0.15, 0.2) is 9.84 Å². The van der Waals surface area contributed by atoms with E-state index in [1.165, 1.54) is 24.3 Å². The zero-order valence-electron chi connectivity index (χ0n) is 18.9. The van der Waals surface area contributed by atoms with Crippen LogP contribution in [0.1, 0.15) is 50.2 Å². The number of aliphatic hydroxyl groups excluding tert-OH is 1. The van der Waals surface area contributed by atoms with Gasteiger partial charge in [0.05, 0.1) is 11.0 Å². The first-order valence-corrected chi connectivity index (χ1v) is 12.6. The van der Waals surface area contributed by atoms with Crippen LogP contribution >= 0.6 is 0 Å². The Morgan fingerprint density at radius 2 is 1.54 bits per heavy atom. The number of hydrogen-bond acceptors (Lipinski definition) is 4. The Morgan fingerprint density at radius 1 is 0.971 bits per heavy atom. The lowest BCUT2D eigenvalue weighted by Crippen LogP contribution is -2.56. The van der Waals surface area contributed by atoms with Gasteiger partial charge in [0.2, 0.25) is 0 Å². The number of alkyl halides is 6. The predicted octanol–water partition coefficient (Wildman–Crippen LogP) is 6.04. The van der Waals surface area contributed by atoms with E-state index in [1.54, 1.807) is 13.0 Å². The molecular formula is C24H26F6O4S. The Morgan fingerprint density at radius 3 is 2.00 bits per heavy atom. The minimum atomic E-state index is -5.82. The fourth-order valence-corrected chi connectivity index (χ4v) is 6.80. The van der Waals surface area contributed by atoms with E-state index in [0.29, 0.717) is 18.6 Å². The van der Waals surface area contributed by atoms with Gasteiger partial charge in [-0.05, 0) is 43.4 Å². The molecule has 2 aromatic rings. The minimum absolute atomic E-state index is 0.00783. The molecule has 2 atom stereocenters. The summed E-state index contributed by atoms with van der Waals surface area (Å²) in [6.45, 7) is 0.833. The minimum Gasteiger partial charge on any atom is -0.393 e. The number of hydrogen-bond donors (Lipinski definition) is 1. The highest BCUT2D eigenvalue weighted by Crippen LogP contribution is 2.54. The van der Waals surface area contributed by atoms with E-state index in [4.69, 9.17) is 0 Å². The van der Waals surface area contributed by atoms with Gasteiger partial charge in [0.1, 0.15) is 4.75 Å². The first-order chi connectivity index (χ1) is 16.2. The molecule has 11 heteroatoms. The molecule has 1 fully saturated rings. The molecule has 0 heterocycles. The smallest absolute Gasteiger partial charge is 0.393 e. The first-order valence-electron chi connectivity index (χ1n) is 11.1. The SMILES string of the molecule is CCCCOC(c1ccc(C2(S(=O)(=O)c3ccccc3)CCC(O)C2)cc1)(C(F)(F)F)C(F)(F)F. The number of unbranched alkanes of at least 4 members (excludes halogenated alkanes) is 1. The Hall–Kier alpha value is -2.11. The Balaban J connectivity index is 2.15. The van der Waals surface area contributed by atoms with Gasteiger partial charge in [-0.3, -0.25) is 0 Å². The summed E-state index contributed by atoms with van der Waals surface area (Å²) in [5, 5.41) is 10.2. The van der Waals surface area contributed by atoms with Crippen LogP contribution in [0, 0.1) is 0 Å². The highest BCUT2D eigenvalue weighted by atomic mass is 32.2.